The van der Waals surface area contributed by atoms with Gasteiger partial charge < -0.3 is 14.2 Å². The molecule has 0 aromatic heterocycles. The highest BCUT2D eigenvalue weighted by Gasteiger charge is 2.71. The molecule has 0 bridgehead atoms. The van der Waals surface area contributed by atoms with Crippen LogP contribution in [0, 0.1) is 22.7 Å². The topological polar surface area (TPSA) is 31.0 Å². The lowest BCUT2D eigenvalue weighted by Gasteiger charge is -2.59. The second kappa shape index (κ2) is 5.89. The smallest absolute Gasteiger partial charge is 0.122 e. The summed E-state index contributed by atoms with van der Waals surface area (Å²) in [7, 11) is 3.51. The Hall–Kier alpha value is -1.22. The molecule has 6 atom stereocenters. The molecule has 1 aromatic rings. The molecule has 3 nitrogen and oxygen atoms in total. The summed E-state index contributed by atoms with van der Waals surface area (Å²) in [6, 6.07) is 6.21. The van der Waals surface area contributed by atoms with Gasteiger partial charge in [-0.1, -0.05) is 20.8 Å². The molecular weight excluding hydrogens is 324 g/mol. The van der Waals surface area contributed by atoms with Crippen molar-refractivity contribution < 1.29 is 14.2 Å². The summed E-state index contributed by atoms with van der Waals surface area (Å²) in [5.74, 6) is 3.26. The molecule has 0 amide bonds. The third-order valence-electron chi connectivity index (χ3n) is 8.64. The Balaban J connectivity index is 1.72. The maximum Gasteiger partial charge on any atom is 0.122 e. The highest BCUT2D eigenvalue weighted by molar-refractivity contribution is 5.41. The van der Waals surface area contributed by atoms with E-state index in [1.807, 2.05) is 12.1 Å². The molecule has 26 heavy (non-hydrogen) atoms. The zero-order chi connectivity index (χ0) is 18.7. The lowest BCUT2D eigenvalue weighted by Crippen LogP contribution is -2.56. The van der Waals surface area contributed by atoms with E-state index in [-0.39, 0.29) is 16.4 Å². The van der Waals surface area contributed by atoms with E-state index in [1.54, 1.807) is 14.2 Å². The molecule has 4 rings (SSSR count). The molecular formula is C23H34O3. The van der Waals surface area contributed by atoms with E-state index in [0.717, 1.165) is 17.9 Å². The monoisotopic (exact) mass is 358 g/mol. The first-order valence-electron chi connectivity index (χ1n) is 10.2. The van der Waals surface area contributed by atoms with Crippen LogP contribution < -0.4 is 9.47 Å². The zero-order valence-electron chi connectivity index (χ0n) is 17.2. The number of fused-ring (bicyclic) bond motifs is 3. The molecule has 0 radical (unpaired) electrons. The van der Waals surface area contributed by atoms with Crippen LogP contribution in [0.15, 0.2) is 18.2 Å². The van der Waals surface area contributed by atoms with Crippen LogP contribution >= 0.6 is 0 Å². The summed E-state index contributed by atoms with van der Waals surface area (Å²) >= 11 is 0. The van der Waals surface area contributed by atoms with Crippen molar-refractivity contribution in [3.8, 4) is 11.5 Å². The molecule has 0 N–H and O–H groups in total. The van der Waals surface area contributed by atoms with Crippen LogP contribution in [0.2, 0.25) is 0 Å². The summed E-state index contributed by atoms with van der Waals surface area (Å²) < 4.78 is 17.4. The minimum Gasteiger partial charge on any atom is -0.497 e. The SMILES string of the molecule is COc1ccc(OC)c(C[C@]2(C)[C@@H](C)CC[C@@]3(C)[C@H]2CC[C@H]2O[C@]23C)c1. The van der Waals surface area contributed by atoms with Crippen molar-refractivity contribution in [3.05, 3.63) is 23.8 Å². The van der Waals surface area contributed by atoms with Gasteiger partial charge in [0.25, 0.3) is 0 Å². The van der Waals surface area contributed by atoms with Gasteiger partial charge in [-0.3, -0.25) is 0 Å². The molecule has 0 unspecified atom stereocenters. The first-order chi connectivity index (χ1) is 12.3. The van der Waals surface area contributed by atoms with Crippen LogP contribution in [-0.4, -0.2) is 25.9 Å². The molecule has 3 fully saturated rings. The summed E-state index contributed by atoms with van der Waals surface area (Å²) in [4.78, 5) is 0. The highest BCUT2D eigenvalue weighted by atomic mass is 16.6. The van der Waals surface area contributed by atoms with Crippen LogP contribution in [0.1, 0.15) is 58.9 Å². The molecule has 1 aliphatic heterocycles. The predicted molar refractivity (Wildman–Crippen MR) is 104 cm³/mol. The second-order valence-corrected chi connectivity index (χ2v) is 9.56. The number of epoxide rings is 1. The van der Waals surface area contributed by atoms with Crippen LogP contribution in [0.3, 0.4) is 0 Å². The summed E-state index contributed by atoms with van der Waals surface area (Å²) in [6.07, 6.45) is 6.60. The number of hydrogen-bond donors (Lipinski definition) is 0. The van der Waals surface area contributed by atoms with Gasteiger partial charge in [-0.2, -0.15) is 0 Å². The van der Waals surface area contributed by atoms with Gasteiger partial charge in [0, 0.05) is 5.41 Å². The van der Waals surface area contributed by atoms with E-state index in [2.05, 4.69) is 33.8 Å². The fourth-order valence-corrected chi connectivity index (χ4v) is 6.48. The summed E-state index contributed by atoms with van der Waals surface area (Å²) in [5.41, 5.74) is 1.89. The molecule has 3 aliphatic rings. The van der Waals surface area contributed by atoms with Crippen LogP contribution in [0.4, 0.5) is 0 Å². The highest BCUT2D eigenvalue weighted by Crippen LogP contribution is 2.70. The van der Waals surface area contributed by atoms with Crippen molar-refractivity contribution in [2.24, 2.45) is 22.7 Å². The minimum atomic E-state index is 0.0930. The van der Waals surface area contributed by atoms with Gasteiger partial charge in [0.05, 0.1) is 25.9 Å². The molecule has 3 heteroatoms. The lowest BCUT2D eigenvalue weighted by molar-refractivity contribution is -0.0980. The average molecular weight is 359 g/mol. The molecule has 2 aliphatic carbocycles. The number of rotatable bonds is 4. The van der Waals surface area contributed by atoms with Crippen LogP contribution in [-0.2, 0) is 11.2 Å². The van der Waals surface area contributed by atoms with E-state index in [1.165, 1.54) is 31.2 Å². The first-order valence-corrected chi connectivity index (χ1v) is 10.2. The average Bonchev–Trinajstić information content (AvgIpc) is 3.31. The normalized spacial score (nSPS) is 44.0. The van der Waals surface area contributed by atoms with E-state index >= 15 is 0 Å². The number of ether oxygens (including phenoxy) is 3. The van der Waals surface area contributed by atoms with Gasteiger partial charge in [-0.25, -0.2) is 0 Å². The molecule has 144 valence electrons. The van der Waals surface area contributed by atoms with Gasteiger partial charge in [0.2, 0.25) is 0 Å². The Labute approximate surface area is 158 Å². The summed E-state index contributed by atoms with van der Waals surface area (Å²) in [5, 5.41) is 0. The molecule has 2 saturated carbocycles. The van der Waals surface area contributed by atoms with Gasteiger partial charge in [0.1, 0.15) is 11.5 Å². The van der Waals surface area contributed by atoms with Crippen molar-refractivity contribution >= 4 is 0 Å². The van der Waals surface area contributed by atoms with Crippen LogP contribution in [0.25, 0.3) is 0 Å². The van der Waals surface area contributed by atoms with Gasteiger partial charge >= 0.3 is 0 Å². The maximum absolute atomic E-state index is 6.25. The number of methoxy groups -OCH3 is 2. The Bertz CT molecular complexity index is 701. The first kappa shape index (κ1) is 18.2. The zero-order valence-corrected chi connectivity index (χ0v) is 17.2. The fourth-order valence-electron chi connectivity index (χ4n) is 6.48. The molecule has 0 spiro atoms. The largest absolute Gasteiger partial charge is 0.497 e. The Morgan fingerprint density at radius 3 is 2.54 bits per heavy atom. The van der Waals surface area contributed by atoms with Gasteiger partial charge in [-0.05, 0) is 80.0 Å². The molecule has 1 heterocycles. The Morgan fingerprint density at radius 2 is 1.85 bits per heavy atom. The van der Waals surface area contributed by atoms with E-state index in [4.69, 9.17) is 14.2 Å². The van der Waals surface area contributed by atoms with Crippen molar-refractivity contribution in [2.75, 3.05) is 14.2 Å². The Morgan fingerprint density at radius 1 is 1.08 bits per heavy atom. The minimum absolute atomic E-state index is 0.0930. The van der Waals surface area contributed by atoms with Crippen molar-refractivity contribution in [1.82, 2.24) is 0 Å². The van der Waals surface area contributed by atoms with Gasteiger partial charge in [-0.15, -0.1) is 0 Å². The standard InChI is InChI=1S/C23H34O3/c1-15-11-12-22(3)19(9-10-20-23(22,4)26-20)21(15,2)14-16-13-17(24-5)7-8-18(16)25-6/h7-8,13,15,19-20H,9-12,14H2,1-6H3/t15-,19-,20+,21+,22-,23+/m0/s1. The quantitative estimate of drug-likeness (QED) is 0.688. The van der Waals surface area contributed by atoms with Crippen molar-refractivity contribution in [1.29, 1.82) is 0 Å². The van der Waals surface area contributed by atoms with E-state index in [0.29, 0.717) is 17.9 Å². The fraction of sp³-hybridized carbons (Fsp3) is 0.739. The molecule has 1 saturated heterocycles. The van der Waals surface area contributed by atoms with Crippen molar-refractivity contribution in [3.63, 3.8) is 0 Å². The Kier molecular flexibility index (Phi) is 4.11. The predicted octanol–water partition coefficient (Wildman–Crippen LogP) is 5.26. The van der Waals surface area contributed by atoms with E-state index < -0.39 is 0 Å². The molecule has 1 aromatic carbocycles. The van der Waals surface area contributed by atoms with E-state index in [9.17, 15) is 0 Å². The summed E-state index contributed by atoms with van der Waals surface area (Å²) in [6.45, 7) is 9.84. The second-order valence-electron chi connectivity index (χ2n) is 9.56. The van der Waals surface area contributed by atoms with Crippen molar-refractivity contribution in [2.45, 2.75) is 71.5 Å². The third-order valence-corrected chi connectivity index (χ3v) is 8.64. The maximum atomic E-state index is 6.25. The third kappa shape index (κ3) is 2.35. The number of hydrogen-bond acceptors (Lipinski definition) is 3. The lowest BCUT2D eigenvalue weighted by atomic mass is 9.44. The van der Waals surface area contributed by atoms with Gasteiger partial charge in [0.15, 0.2) is 0 Å². The van der Waals surface area contributed by atoms with Crippen LogP contribution in [0.5, 0.6) is 11.5 Å². The number of benzene rings is 1.